The number of aryl methyl sites for hydroxylation is 2. The zero-order valence-corrected chi connectivity index (χ0v) is 13.4. The average Bonchev–Trinajstić information content (AvgIpc) is 2.83. The molecule has 0 saturated heterocycles. The lowest BCUT2D eigenvalue weighted by Crippen LogP contribution is -1.84. The van der Waals surface area contributed by atoms with Gasteiger partial charge in [0.15, 0.2) is 0 Å². The molecule has 0 aromatic carbocycles. The van der Waals surface area contributed by atoms with E-state index < -0.39 is 0 Å². The fraction of sp³-hybridized carbons (Fsp3) is 0.750. The van der Waals surface area contributed by atoms with E-state index in [1.54, 1.807) is 0 Å². The summed E-state index contributed by atoms with van der Waals surface area (Å²) in [5.41, 5.74) is 2.67. The van der Waals surface area contributed by atoms with E-state index in [1.165, 1.54) is 36.8 Å². The van der Waals surface area contributed by atoms with Crippen molar-refractivity contribution in [3.63, 3.8) is 0 Å². The van der Waals surface area contributed by atoms with Gasteiger partial charge < -0.3 is 4.42 Å². The van der Waals surface area contributed by atoms with Crippen LogP contribution in [-0.4, -0.2) is 0 Å². The molecule has 1 rings (SSSR count). The van der Waals surface area contributed by atoms with E-state index in [1.807, 2.05) is 54.1 Å². The molecule has 0 bridgehead atoms. The van der Waals surface area contributed by atoms with Gasteiger partial charge in [0.2, 0.25) is 0 Å². The van der Waals surface area contributed by atoms with Crippen LogP contribution in [0, 0.1) is 6.92 Å². The Bertz CT molecular complexity index is 201. The zero-order chi connectivity index (χ0) is 14.1. The Kier molecular flexibility index (Phi) is 26.2. The van der Waals surface area contributed by atoms with Crippen molar-refractivity contribution in [2.75, 3.05) is 0 Å². The van der Waals surface area contributed by atoms with E-state index in [0.717, 1.165) is 0 Å². The molecule has 1 heteroatoms. The Labute approximate surface area is 110 Å². The third kappa shape index (κ3) is 13.2. The van der Waals surface area contributed by atoms with E-state index in [9.17, 15) is 0 Å². The number of unbranched alkanes of at least 4 members (excludes halogenated alkanes) is 2. The second kappa shape index (κ2) is 20.7. The highest BCUT2D eigenvalue weighted by atomic mass is 16.3. The zero-order valence-electron chi connectivity index (χ0n) is 13.4. The molecule has 1 nitrogen and oxygen atoms in total. The lowest BCUT2D eigenvalue weighted by molar-refractivity contribution is 0.561. The van der Waals surface area contributed by atoms with Crippen molar-refractivity contribution in [1.29, 1.82) is 0 Å². The summed E-state index contributed by atoms with van der Waals surface area (Å²) in [6, 6.07) is 0. The number of furan rings is 1. The molecule has 0 unspecified atom stereocenters. The average molecular weight is 242 g/mol. The Morgan fingerprint density at radius 1 is 0.882 bits per heavy atom. The molecule has 1 aromatic heterocycles. The minimum absolute atomic E-state index is 1.18. The van der Waals surface area contributed by atoms with E-state index in [-0.39, 0.29) is 0 Å². The Hall–Kier alpha value is -0.720. The maximum atomic E-state index is 5.08. The second-order valence-electron chi connectivity index (χ2n) is 3.04. The van der Waals surface area contributed by atoms with Crippen LogP contribution in [-0.2, 0) is 6.42 Å². The molecule has 0 atom stereocenters. The van der Waals surface area contributed by atoms with Crippen LogP contribution in [0.2, 0.25) is 0 Å². The van der Waals surface area contributed by atoms with Gasteiger partial charge in [-0.25, -0.2) is 0 Å². The van der Waals surface area contributed by atoms with Gasteiger partial charge in [-0.3, -0.25) is 0 Å². The van der Waals surface area contributed by atoms with Gasteiger partial charge in [0.25, 0.3) is 0 Å². The predicted molar refractivity (Wildman–Crippen MR) is 80.7 cm³/mol. The molecule has 1 aromatic rings. The fourth-order valence-electron chi connectivity index (χ4n) is 1.21. The smallest absolute Gasteiger partial charge is 0.0937 e. The van der Waals surface area contributed by atoms with Gasteiger partial charge in [0, 0.05) is 0 Å². The maximum absolute atomic E-state index is 5.08. The van der Waals surface area contributed by atoms with Crippen molar-refractivity contribution in [3.8, 4) is 0 Å². The molecule has 0 aliphatic rings. The first-order valence-corrected chi connectivity index (χ1v) is 7.36. The topological polar surface area (TPSA) is 13.1 Å². The van der Waals surface area contributed by atoms with Crippen LogP contribution in [0.5, 0.6) is 0 Å². The van der Waals surface area contributed by atoms with Gasteiger partial charge in [-0.2, -0.15) is 0 Å². The quantitative estimate of drug-likeness (QED) is 0.557. The Morgan fingerprint density at radius 3 is 1.76 bits per heavy atom. The van der Waals surface area contributed by atoms with Crippen molar-refractivity contribution in [1.82, 2.24) is 0 Å². The molecule has 0 amide bonds. The Morgan fingerprint density at radius 2 is 1.41 bits per heavy atom. The minimum atomic E-state index is 1.18. The highest BCUT2D eigenvalue weighted by Crippen LogP contribution is 2.12. The highest BCUT2D eigenvalue weighted by molar-refractivity contribution is 5.18. The summed E-state index contributed by atoms with van der Waals surface area (Å²) < 4.78 is 5.08. The van der Waals surface area contributed by atoms with Crippen LogP contribution in [0.4, 0.5) is 0 Å². The molecule has 0 saturated carbocycles. The summed E-state index contributed by atoms with van der Waals surface area (Å²) >= 11 is 0. The predicted octanol–water partition coefficient (Wildman–Crippen LogP) is 6.40. The minimum Gasteiger partial charge on any atom is -0.472 e. The molecule has 1 heterocycles. The van der Waals surface area contributed by atoms with E-state index in [4.69, 9.17) is 4.42 Å². The summed E-state index contributed by atoms with van der Waals surface area (Å²) in [6.07, 6.45) is 8.76. The van der Waals surface area contributed by atoms with Crippen LogP contribution in [0.3, 0.4) is 0 Å². The summed E-state index contributed by atoms with van der Waals surface area (Å²) in [5.74, 6) is 0. The fourth-order valence-corrected chi connectivity index (χ4v) is 1.21. The molecule has 17 heavy (non-hydrogen) atoms. The number of rotatable bonds is 4. The van der Waals surface area contributed by atoms with Crippen LogP contribution < -0.4 is 0 Å². The van der Waals surface area contributed by atoms with E-state index in [2.05, 4.69) is 13.8 Å². The molecule has 0 radical (unpaired) electrons. The number of hydrogen-bond donors (Lipinski definition) is 0. The van der Waals surface area contributed by atoms with Gasteiger partial charge in [-0.15, -0.1) is 0 Å². The SMILES string of the molecule is CC.CC.CC.CCCCCc1cocc1C. The van der Waals surface area contributed by atoms with Crippen molar-refractivity contribution in [3.05, 3.63) is 23.7 Å². The van der Waals surface area contributed by atoms with Gasteiger partial charge in [0.1, 0.15) is 0 Å². The number of hydrogen-bond acceptors (Lipinski definition) is 1. The maximum Gasteiger partial charge on any atom is 0.0937 e. The molecule has 0 N–H and O–H groups in total. The Balaban J connectivity index is -0.000000285. The first-order chi connectivity index (χ1) is 8.34. The third-order valence-electron chi connectivity index (χ3n) is 2.01. The summed E-state index contributed by atoms with van der Waals surface area (Å²) in [4.78, 5) is 0. The summed E-state index contributed by atoms with van der Waals surface area (Å²) in [5, 5.41) is 0. The lowest BCUT2D eigenvalue weighted by Gasteiger charge is -1.96. The van der Waals surface area contributed by atoms with E-state index >= 15 is 0 Å². The first kappa shape index (κ1) is 21.6. The molecule has 0 spiro atoms. The van der Waals surface area contributed by atoms with Crippen LogP contribution in [0.25, 0.3) is 0 Å². The third-order valence-corrected chi connectivity index (χ3v) is 2.01. The molecule has 0 aliphatic heterocycles. The van der Waals surface area contributed by atoms with Gasteiger partial charge >= 0.3 is 0 Å². The molecule has 0 aliphatic carbocycles. The van der Waals surface area contributed by atoms with Crippen LogP contribution in [0.15, 0.2) is 16.9 Å². The molecular weight excluding hydrogens is 208 g/mol. The standard InChI is InChI=1S/C10H16O.3C2H6/c1-3-4-5-6-10-8-11-7-9(10)2;3*1-2/h7-8H,3-6H2,1-2H3;3*1-2H3. The van der Waals surface area contributed by atoms with Crippen LogP contribution >= 0.6 is 0 Å². The lowest BCUT2D eigenvalue weighted by atomic mass is 10.1. The molecule has 104 valence electrons. The molecule has 0 fully saturated rings. The first-order valence-electron chi connectivity index (χ1n) is 7.36. The van der Waals surface area contributed by atoms with Crippen molar-refractivity contribution < 1.29 is 4.42 Å². The summed E-state index contributed by atoms with van der Waals surface area (Å²) in [7, 11) is 0. The molecular formula is C16H34O. The van der Waals surface area contributed by atoms with Gasteiger partial charge in [-0.1, -0.05) is 61.3 Å². The van der Waals surface area contributed by atoms with Crippen LogP contribution in [0.1, 0.15) is 78.9 Å². The largest absolute Gasteiger partial charge is 0.472 e. The summed E-state index contributed by atoms with van der Waals surface area (Å²) in [6.45, 7) is 16.3. The second-order valence-corrected chi connectivity index (χ2v) is 3.04. The normalized spacial score (nSPS) is 7.76. The highest BCUT2D eigenvalue weighted by Gasteiger charge is 1.98. The van der Waals surface area contributed by atoms with E-state index in [0.29, 0.717) is 0 Å². The van der Waals surface area contributed by atoms with Crippen molar-refractivity contribution in [2.45, 2.75) is 81.1 Å². The van der Waals surface area contributed by atoms with Crippen molar-refractivity contribution in [2.24, 2.45) is 0 Å². The van der Waals surface area contributed by atoms with Gasteiger partial charge in [0.05, 0.1) is 12.5 Å². The van der Waals surface area contributed by atoms with Crippen molar-refractivity contribution >= 4 is 0 Å². The van der Waals surface area contributed by atoms with Gasteiger partial charge in [-0.05, 0) is 30.9 Å². The monoisotopic (exact) mass is 242 g/mol.